The van der Waals surface area contributed by atoms with Crippen molar-refractivity contribution in [3.8, 4) is 0 Å². The Balaban J connectivity index is 0.000000533. The van der Waals surface area contributed by atoms with Gasteiger partial charge in [-0.05, 0) is 47.0 Å². The molecule has 0 aromatic heterocycles. The van der Waals surface area contributed by atoms with Gasteiger partial charge in [0.2, 0.25) is 0 Å². The maximum Gasteiger partial charge on any atom is 0.416 e. The van der Waals surface area contributed by atoms with Gasteiger partial charge in [0.15, 0.2) is 0 Å². The normalized spacial score (nSPS) is 19.6. The molecule has 0 saturated carbocycles. The molecule has 2 aliphatic heterocycles. The van der Waals surface area contributed by atoms with Crippen molar-refractivity contribution in [1.29, 1.82) is 0 Å². The molecule has 1 saturated heterocycles. The number of carbonyl (C=O) groups is 3. The number of benzene rings is 3. The molecule has 8 nitrogen and oxygen atoms in total. The lowest BCUT2D eigenvalue weighted by Crippen LogP contribution is -3.13. The number of ether oxygens (including phenoxy) is 1. The first kappa shape index (κ1) is 34.4. The predicted octanol–water partition coefficient (Wildman–Crippen LogP) is 3.43. The minimum absolute atomic E-state index is 0.0678. The molecule has 1 atom stereocenters. The zero-order valence-corrected chi connectivity index (χ0v) is 25.5. The highest BCUT2D eigenvalue weighted by atomic mass is 19.4. The van der Waals surface area contributed by atoms with Crippen molar-refractivity contribution in [3.63, 3.8) is 0 Å². The van der Waals surface area contributed by atoms with Crippen LogP contribution in [0.5, 0.6) is 0 Å². The van der Waals surface area contributed by atoms with E-state index in [0.29, 0.717) is 30.9 Å². The number of alkyl halides is 3. The van der Waals surface area contributed by atoms with Crippen LogP contribution in [0.4, 0.5) is 13.2 Å². The summed E-state index contributed by atoms with van der Waals surface area (Å²) >= 11 is 0. The van der Waals surface area contributed by atoms with Crippen LogP contribution in [0, 0.1) is 0 Å². The average molecular weight is 639 g/mol. The van der Waals surface area contributed by atoms with E-state index >= 15 is 0 Å². The third kappa shape index (κ3) is 9.04. The van der Waals surface area contributed by atoms with Gasteiger partial charge in [0.1, 0.15) is 5.60 Å². The summed E-state index contributed by atoms with van der Waals surface area (Å²) in [4.78, 5) is 35.1. The molecule has 11 heteroatoms. The van der Waals surface area contributed by atoms with Crippen molar-refractivity contribution in [2.45, 2.75) is 43.6 Å². The third-order valence-electron chi connectivity index (χ3n) is 8.56. The van der Waals surface area contributed by atoms with Crippen LogP contribution in [0.1, 0.15) is 57.8 Å². The van der Waals surface area contributed by atoms with Crippen molar-refractivity contribution in [3.05, 3.63) is 119 Å². The number of rotatable bonds is 9. The monoisotopic (exact) mass is 638 g/mol. The van der Waals surface area contributed by atoms with Crippen LogP contribution < -0.4 is 10.0 Å². The first-order chi connectivity index (χ1) is 21.9. The summed E-state index contributed by atoms with van der Waals surface area (Å²) in [6.45, 7) is 3.95. The maximum atomic E-state index is 13.2. The molecule has 0 bridgehead atoms. The molecule has 1 fully saturated rings. The Hall–Kier alpha value is -4.48. The standard InChI is InChI=1S/C31H33F3N2O2.C4H4O4/c1-35(29(37)24-7-3-2-4-8-24)21-25(23-11-13-27(14-12-23)31(32,33)34)15-18-36-19-16-30(17-20-36)28-10-6-5-9-26(28)22-38-30;5-3(6)1-2-4(7)8/h2-14,25H,15-22H2,1H3;1-2H,(H,5,6)(H,7,8)/b;2-1+. The maximum absolute atomic E-state index is 13.2. The summed E-state index contributed by atoms with van der Waals surface area (Å²) in [7, 11) is 1.76. The number of carbonyl (C=O) groups excluding carboxylic acids is 2. The first-order valence-electron chi connectivity index (χ1n) is 15.0. The van der Waals surface area contributed by atoms with E-state index in [1.54, 1.807) is 36.2 Å². The molecule has 0 radical (unpaired) electrons. The number of hydrogen-bond donors (Lipinski definition) is 2. The number of nitrogens with one attached hydrogen (secondary N) is 1. The van der Waals surface area contributed by atoms with Crippen molar-refractivity contribution < 1.29 is 47.4 Å². The topological polar surface area (TPSA) is 111 Å². The molecule has 46 heavy (non-hydrogen) atoms. The van der Waals surface area contributed by atoms with Gasteiger partial charge in [0, 0.05) is 50.4 Å². The summed E-state index contributed by atoms with van der Waals surface area (Å²) in [5, 5.41) is 17.2. The summed E-state index contributed by atoms with van der Waals surface area (Å²) in [6, 6.07) is 23.0. The number of carboxylic acids is 2. The molecule has 1 spiro atoms. The molecule has 2 N–H and O–H groups in total. The lowest BCUT2D eigenvalue weighted by molar-refractivity contribution is -0.908. The van der Waals surface area contributed by atoms with E-state index in [0.717, 1.165) is 56.6 Å². The first-order valence-corrected chi connectivity index (χ1v) is 15.0. The highest BCUT2D eigenvalue weighted by molar-refractivity contribution is 5.94. The number of carboxylic acid groups (broad SMARTS) is 2. The Morgan fingerprint density at radius 2 is 1.61 bits per heavy atom. The number of nitrogens with zero attached hydrogens (tertiary/aromatic N) is 1. The highest BCUT2D eigenvalue weighted by Crippen LogP contribution is 2.42. The molecular formula is C35H37F3N2O6. The number of halogens is 3. The minimum Gasteiger partial charge on any atom is -0.545 e. The molecule has 3 aromatic rings. The fraction of sp³-hybridized carbons (Fsp3) is 0.343. The summed E-state index contributed by atoms with van der Waals surface area (Å²) in [6.07, 6.45) is -0.745. The minimum atomic E-state index is -4.37. The van der Waals surface area contributed by atoms with Crippen LogP contribution in [0.15, 0.2) is 91.0 Å². The Morgan fingerprint density at radius 1 is 0.978 bits per heavy atom. The van der Waals surface area contributed by atoms with E-state index in [9.17, 15) is 32.7 Å². The van der Waals surface area contributed by atoms with Crippen LogP contribution >= 0.6 is 0 Å². The van der Waals surface area contributed by atoms with Crippen molar-refractivity contribution >= 4 is 17.8 Å². The number of piperidine rings is 1. The van der Waals surface area contributed by atoms with Crippen LogP contribution in [-0.2, 0) is 32.7 Å². The molecule has 3 aromatic carbocycles. The number of likely N-dealkylation sites (N-methyl/N-ethyl adjacent to an activating group) is 1. The van der Waals surface area contributed by atoms with Crippen molar-refractivity contribution in [2.75, 3.05) is 33.2 Å². The van der Waals surface area contributed by atoms with Crippen molar-refractivity contribution in [2.24, 2.45) is 0 Å². The number of likely N-dealkylation sites (tertiary alicyclic amines) is 1. The Bertz CT molecular complexity index is 1500. The number of amides is 1. The lowest BCUT2D eigenvalue weighted by Gasteiger charge is -2.37. The molecule has 1 amide bonds. The van der Waals surface area contributed by atoms with Gasteiger partial charge in [-0.15, -0.1) is 0 Å². The van der Waals surface area contributed by atoms with Crippen LogP contribution in [-0.4, -0.2) is 61.1 Å². The molecule has 2 heterocycles. The Labute approximate surface area is 265 Å². The fourth-order valence-corrected chi connectivity index (χ4v) is 6.10. The van der Waals surface area contributed by atoms with Crippen molar-refractivity contribution in [1.82, 2.24) is 4.90 Å². The van der Waals surface area contributed by atoms with Gasteiger partial charge < -0.3 is 29.5 Å². The Kier molecular flexibility index (Phi) is 11.4. The molecule has 2 aliphatic rings. The third-order valence-corrected chi connectivity index (χ3v) is 8.56. The molecular weight excluding hydrogens is 601 g/mol. The van der Waals surface area contributed by atoms with Crippen LogP contribution in [0.2, 0.25) is 0 Å². The van der Waals surface area contributed by atoms with Gasteiger partial charge in [-0.1, -0.05) is 54.6 Å². The fourth-order valence-electron chi connectivity index (χ4n) is 6.10. The van der Waals surface area contributed by atoms with E-state index in [4.69, 9.17) is 9.84 Å². The second kappa shape index (κ2) is 15.2. The van der Waals surface area contributed by atoms with Gasteiger partial charge in [-0.25, -0.2) is 4.79 Å². The second-order valence-electron chi connectivity index (χ2n) is 11.6. The highest BCUT2D eigenvalue weighted by Gasteiger charge is 2.44. The predicted molar refractivity (Wildman–Crippen MR) is 162 cm³/mol. The van der Waals surface area contributed by atoms with Gasteiger partial charge in [-0.3, -0.25) is 4.79 Å². The van der Waals surface area contributed by atoms with Gasteiger partial charge in [0.05, 0.1) is 37.8 Å². The molecule has 0 aliphatic carbocycles. The number of fused-ring (bicyclic) bond motifs is 2. The van der Waals surface area contributed by atoms with Gasteiger partial charge >= 0.3 is 12.1 Å². The smallest absolute Gasteiger partial charge is 0.416 e. The second-order valence-corrected chi connectivity index (χ2v) is 11.6. The van der Waals surface area contributed by atoms with Gasteiger partial charge in [0.25, 0.3) is 5.91 Å². The van der Waals surface area contributed by atoms with E-state index < -0.39 is 23.7 Å². The molecule has 5 rings (SSSR count). The Morgan fingerprint density at radius 3 is 2.20 bits per heavy atom. The van der Waals surface area contributed by atoms with E-state index in [2.05, 4.69) is 24.3 Å². The zero-order valence-electron chi connectivity index (χ0n) is 25.5. The lowest BCUT2D eigenvalue weighted by atomic mass is 9.83. The van der Waals surface area contributed by atoms with E-state index in [1.165, 1.54) is 16.0 Å². The summed E-state index contributed by atoms with van der Waals surface area (Å²) in [5.74, 6) is -2.96. The molecule has 1 unspecified atom stereocenters. The number of aliphatic carboxylic acids is 2. The van der Waals surface area contributed by atoms with Crippen LogP contribution in [0.25, 0.3) is 0 Å². The summed E-state index contributed by atoms with van der Waals surface area (Å²) < 4.78 is 45.8. The average Bonchev–Trinajstić information content (AvgIpc) is 3.40. The SMILES string of the molecule is CN(CC(CC[NH+]1CCC2(CC1)OCc1ccccc12)c1ccc(C(F)(F)F)cc1)C(=O)c1ccccc1.O=C([O-])/C=C/C(=O)O. The quantitative estimate of drug-likeness (QED) is 0.348. The summed E-state index contributed by atoms with van der Waals surface area (Å²) in [5.41, 5.74) is 3.19. The van der Waals surface area contributed by atoms with E-state index in [1.807, 2.05) is 18.2 Å². The zero-order chi connectivity index (χ0) is 33.3. The largest absolute Gasteiger partial charge is 0.545 e. The van der Waals surface area contributed by atoms with Gasteiger partial charge in [-0.2, -0.15) is 13.2 Å². The van der Waals surface area contributed by atoms with E-state index in [-0.39, 0.29) is 17.4 Å². The van der Waals surface area contributed by atoms with Crippen LogP contribution in [0.3, 0.4) is 0 Å². The molecule has 244 valence electrons. The number of hydrogen-bond acceptors (Lipinski definition) is 5. The number of quaternary nitrogens is 1.